The molecule has 1 atom stereocenters. The van der Waals surface area contributed by atoms with E-state index in [1.807, 2.05) is 7.05 Å². The highest BCUT2D eigenvalue weighted by Crippen LogP contribution is 2.20. The zero-order valence-electron chi connectivity index (χ0n) is 11.6. The van der Waals surface area contributed by atoms with Crippen LogP contribution in [0.15, 0.2) is 24.3 Å². The molecule has 1 N–H and O–H groups in total. The van der Waals surface area contributed by atoms with Gasteiger partial charge in [0, 0.05) is 24.4 Å². The molecule has 0 radical (unpaired) electrons. The fraction of sp³-hybridized carbons (Fsp3) is 0.533. The average molecular weight is 245 g/mol. The predicted octanol–water partition coefficient (Wildman–Crippen LogP) is 2.99. The zero-order chi connectivity index (χ0) is 13.0. The minimum Gasteiger partial charge on any atom is -0.317 e. The Labute approximate surface area is 109 Å². The lowest BCUT2D eigenvalue weighted by Gasteiger charge is -2.13. The van der Waals surface area contributed by atoms with Gasteiger partial charge in [-0.05, 0) is 26.5 Å². The lowest BCUT2D eigenvalue weighted by Crippen LogP contribution is -2.27. The summed E-state index contributed by atoms with van der Waals surface area (Å²) in [6.07, 6.45) is 3.42. The highest BCUT2D eigenvalue weighted by Gasteiger charge is 2.13. The van der Waals surface area contributed by atoms with Crippen molar-refractivity contribution in [2.75, 3.05) is 7.05 Å². The summed E-state index contributed by atoms with van der Waals surface area (Å²) < 4.78 is 2.10. The van der Waals surface area contributed by atoms with Crippen LogP contribution in [0.2, 0.25) is 0 Å². The Bertz CT molecular complexity index is 501. The Morgan fingerprint density at radius 1 is 1.28 bits per heavy atom. The molecule has 0 saturated carbocycles. The first-order chi connectivity index (χ1) is 8.80. The summed E-state index contributed by atoms with van der Waals surface area (Å²) in [5.41, 5.74) is 2.47. The highest BCUT2D eigenvalue weighted by molar-refractivity contribution is 5.82. The molecule has 98 valence electrons. The molecule has 2 aromatic rings. The van der Waals surface area contributed by atoms with Crippen molar-refractivity contribution in [3.63, 3.8) is 0 Å². The van der Waals surface area contributed by atoms with Gasteiger partial charge in [-0.15, -0.1) is 0 Å². The van der Waals surface area contributed by atoms with Crippen LogP contribution < -0.4 is 5.32 Å². The molecule has 18 heavy (non-hydrogen) atoms. The molecule has 1 aromatic heterocycles. The smallest absolute Gasteiger partial charge is 0.0718 e. The summed E-state index contributed by atoms with van der Waals surface area (Å²) in [5, 5.41) is 9.45. The SMILES string of the molecule is CCCC(Cc1nn(CC)c2ccccc12)NC. The van der Waals surface area contributed by atoms with Crippen LogP contribution >= 0.6 is 0 Å². The standard InChI is InChI=1S/C15H23N3/c1-4-8-12(16-3)11-14-13-9-6-7-10-15(13)18(5-2)17-14/h6-7,9-10,12,16H,4-5,8,11H2,1-3H3. The molecule has 0 aliphatic heterocycles. The lowest BCUT2D eigenvalue weighted by atomic mass is 10.0. The van der Waals surface area contributed by atoms with Crippen molar-refractivity contribution in [1.82, 2.24) is 15.1 Å². The van der Waals surface area contributed by atoms with Crippen LogP contribution in [0.3, 0.4) is 0 Å². The van der Waals surface area contributed by atoms with Gasteiger partial charge in [-0.2, -0.15) is 5.10 Å². The van der Waals surface area contributed by atoms with Crippen LogP contribution in [0.25, 0.3) is 10.9 Å². The van der Waals surface area contributed by atoms with Gasteiger partial charge >= 0.3 is 0 Å². The third-order valence-electron chi connectivity index (χ3n) is 3.52. The van der Waals surface area contributed by atoms with Crippen LogP contribution in [-0.4, -0.2) is 22.9 Å². The molecule has 3 nitrogen and oxygen atoms in total. The van der Waals surface area contributed by atoms with Crippen molar-refractivity contribution >= 4 is 10.9 Å². The molecule has 0 amide bonds. The second kappa shape index (κ2) is 6.01. The minimum absolute atomic E-state index is 0.526. The molecule has 1 heterocycles. The van der Waals surface area contributed by atoms with E-state index in [1.165, 1.54) is 29.4 Å². The number of rotatable bonds is 6. The molecule has 0 fully saturated rings. The van der Waals surface area contributed by atoms with Gasteiger partial charge in [0.05, 0.1) is 11.2 Å². The summed E-state index contributed by atoms with van der Waals surface area (Å²) >= 11 is 0. The minimum atomic E-state index is 0.526. The fourth-order valence-electron chi connectivity index (χ4n) is 2.52. The summed E-state index contributed by atoms with van der Waals surface area (Å²) in [5.74, 6) is 0. The van der Waals surface area contributed by atoms with Crippen molar-refractivity contribution in [3.05, 3.63) is 30.0 Å². The van der Waals surface area contributed by atoms with E-state index in [-0.39, 0.29) is 0 Å². The van der Waals surface area contributed by atoms with Crippen LogP contribution in [0.5, 0.6) is 0 Å². The molecule has 1 aromatic carbocycles. The van der Waals surface area contributed by atoms with Gasteiger partial charge < -0.3 is 5.32 Å². The quantitative estimate of drug-likeness (QED) is 0.848. The van der Waals surface area contributed by atoms with E-state index in [0.717, 1.165) is 13.0 Å². The molecule has 0 aliphatic carbocycles. The second-order valence-electron chi connectivity index (χ2n) is 4.76. The highest BCUT2D eigenvalue weighted by atomic mass is 15.3. The van der Waals surface area contributed by atoms with Crippen molar-refractivity contribution in [1.29, 1.82) is 0 Å². The van der Waals surface area contributed by atoms with Crippen LogP contribution in [0.4, 0.5) is 0 Å². The van der Waals surface area contributed by atoms with E-state index in [2.05, 4.69) is 48.1 Å². The summed E-state index contributed by atoms with van der Waals surface area (Å²) in [6.45, 7) is 5.30. The third kappa shape index (κ3) is 2.56. The number of aromatic nitrogens is 2. The zero-order valence-corrected chi connectivity index (χ0v) is 11.6. The Morgan fingerprint density at radius 3 is 2.72 bits per heavy atom. The van der Waals surface area contributed by atoms with Crippen LogP contribution in [0.1, 0.15) is 32.4 Å². The monoisotopic (exact) mass is 245 g/mol. The van der Waals surface area contributed by atoms with E-state index >= 15 is 0 Å². The average Bonchev–Trinajstić information content (AvgIpc) is 2.76. The number of nitrogens with zero attached hydrogens (tertiary/aromatic N) is 2. The summed E-state index contributed by atoms with van der Waals surface area (Å²) in [6, 6.07) is 9.05. The van der Waals surface area contributed by atoms with E-state index in [4.69, 9.17) is 5.10 Å². The largest absolute Gasteiger partial charge is 0.317 e. The molecule has 3 heteroatoms. The van der Waals surface area contributed by atoms with Crippen LogP contribution in [0, 0.1) is 0 Å². The molecule has 0 spiro atoms. The number of benzene rings is 1. The van der Waals surface area contributed by atoms with E-state index in [0.29, 0.717) is 6.04 Å². The van der Waals surface area contributed by atoms with Crippen molar-refractivity contribution in [2.24, 2.45) is 0 Å². The Hall–Kier alpha value is -1.35. The lowest BCUT2D eigenvalue weighted by molar-refractivity contribution is 0.505. The Morgan fingerprint density at radius 2 is 2.06 bits per heavy atom. The first-order valence-corrected chi connectivity index (χ1v) is 6.91. The van der Waals surface area contributed by atoms with E-state index in [1.54, 1.807) is 0 Å². The van der Waals surface area contributed by atoms with Gasteiger partial charge in [-0.25, -0.2) is 0 Å². The molecular formula is C15H23N3. The van der Waals surface area contributed by atoms with Gasteiger partial charge in [0.1, 0.15) is 0 Å². The summed E-state index contributed by atoms with van der Waals surface area (Å²) in [7, 11) is 2.04. The normalized spacial score (nSPS) is 13.1. The molecule has 0 saturated heterocycles. The van der Waals surface area contributed by atoms with Gasteiger partial charge in [-0.1, -0.05) is 31.5 Å². The van der Waals surface area contributed by atoms with Crippen molar-refractivity contribution in [2.45, 2.75) is 45.7 Å². The fourth-order valence-corrected chi connectivity index (χ4v) is 2.52. The first-order valence-electron chi connectivity index (χ1n) is 6.91. The maximum Gasteiger partial charge on any atom is 0.0718 e. The molecule has 2 rings (SSSR count). The second-order valence-corrected chi connectivity index (χ2v) is 4.76. The predicted molar refractivity (Wildman–Crippen MR) is 76.9 cm³/mol. The molecule has 0 bridgehead atoms. The summed E-state index contributed by atoms with van der Waals surface area (Å²) in [4.78, 5) is 0. The molecule has 0 aliphatic rings. The Kier molecular flexibility index (Phi) is 4.37. The number of hydrogen-bond acceptors (Lipinski definition) is 2. The number of para-hydroxylation sites is 1. The maximum atomic E-state index is 4.75. The van der Waals surface area contributed by atoms with E-state index in [9.17, 15) is 0 Å². The number of aryl methyl sites for hydroxylation is 1. The van der Waals surface area contributed by atoms with Gasteiger partial charge in [0.2, 0.25) is 0 Å². The third-order valence-corrected chi connectivity index (χ3v) is 3.52. The topological polar surface area (TPSA) is 29.9 Å². The van der Waals surface area contributed by atoms with Crippen LogP contribution in [-0.2, 0) is 13.0 Å². The van der Waals surface area contributed by atoms with Gasteiger partial charge in [0.25, 0.3) is 0 Å². The number of nitrogens with one attached hydrogen (secondary N) is 1. The van der Waals surface area contributed by atoms with E-state index < -0.39 is 0 Å². The number of likely N-dealkylation sites (N-methyl/N-ethyl adjacent to an activating group) is 1. The number of hydrogen-bond donors (Lipinski definition) is 1. The van der Waals surface area contributed by atoms with Crippen molar-refractivity contribution < 1.29 is 0 Å². The maximum absolute atomic E-state index is 4.75. The Balaban J connectivity index is 2.32. The van der Waals surface area contributed by atoms with Gasteiger partial charge in [0.15, 0.2) is 0 Å². The molecular weight excluding hydrogens is 222 g/mol. The van der Waals surface area contributed by atoms with Crippen molar-refractivity contribution in [3.8, 4) is 0 Å². The molecule has 1 unspecified atom stereocenters. The van der Waals surface area contributed by atoms with Gasteiger partial charge in [-0.3, -0.25) is 4.68 Å². The first kappa shape index (κ1) is 13.1. The number of fused-ring (bicyclic) bond motifs is 1.